The third kappa shape index (κ3) is 2.46. The summed E-state index contributed by atoms with van der Waals surface area (Å²) in [4.78, 5) is 22.4. The lowest BCUT2D eigenvalue weighted by Crippen LogP contribution is -2.01. The van der Waals surface area contributed by atoms with Crippen molar-refractivity contribution in [2.75, 3.05) is 6.26 Å². The molecule has 2 rings (SSSR count). The van der Waals surface area contributed by atoms with Gasteiger partial charge in [0.2, 0.25) is 0 Å². The van der Waals surface area contributed by atoms with Gasteiger partial charge in [-0.3, -0.25) is 4.79 Å². The molecule has 5 nitrogen and oxygen atoms in total. The number of carbonyl (C=O) groups excluding carboxylic acids is 1. The van der Waals surface area contributed by atoms with E-state index in [9.17, 15) is 18.0 Å². The van der Waals surface area contributed by atoms with E-state index in [1.165, 1.54) is 11.4 Å². The predicted molar refractivity (Wildman–Crippen MR) is 73.1 cm³/mol. The highest BCUT2D eigenvalue weighted by Crippen LogP contribution is 2.40. The van der Waals surface area contributed by atoms with Gasteiger partial charge < -0.3 is 5.11 Å². The van der Waals surface area contributed by atoms with Crippen molar-refractivity contribution in [2.24, 2.45) is 0 Å². The molecule has 19 heavy (non-hydrogen) atoms. The zero-order valence-corrected chi connectivity index (χ0v) is 12.1. The molecule has 100 valence electrons. The van der Waals surface area contributed by atoms with Crippen molar-refractivity contribution in [3.63, 3.8) is 0 Å². The number of thiophene rings is 2. The highest BCUT2D eigenvalue weighted by molar-refractivity contribution is 7.91. The molecule has 0 atom stereocenters. The van der Waals surface area contributed by atoms with Gasteiger partial charge in [-0.1, -0.05) is 0 Å². The van der Waals surface area contributed by atoms with Gasteiger partial charge in [0.1, 0.15) is 4.88 Å². The van der Waals surface area contributed by atoms with Crippen molar-refractivity contribution in [3.05, 3.63) is 27.3 Å². The molecule has 0 aliphatic rings. The molecule has 0 amide bonds. The first-order chi connectivity index (χ1) is 8.86. The van der Waals surface area contributed by atoms with E-state index in [2.05, 4.69) is 0 Å². The first-order valence-electron chi connectivity index (χ1n) is 4.94. The summed E-state index contributed by atoms with van der Waals surface area (Å²) in [7, 11) is -3.56. The molecule has 0 fully saturated rings. The Morgan fingerprint density at radius 3 is 2.58 bits per heavy atom. The van der Waals surface area contributed by atoms with Crippen LogP contribution in [0.25, 0.3) is 10.4 Å². The molecule has 0 saturated carbocycles. The molecular weight excluding hydrogens is 308 g/mol. The Bertz CT molecular complexity index is 751. The number of hydrogen-bond acceptors (Lipinski definition) is 6. The summed E-state index contributed by atoms with van der Waals surface area (Å²) < 4.78 is 23.4. The average Bonchev–Trinajstić information content (AvgIpc) is 2.93. The summed E-state index contributed by atoms with van der Waals surface area (Å²) in [6.07, 6.45) is 1.60. The quantitative estimate of drug-likeness (QED) is 0.875. The summed E-state index contributed by atoms with van der Waals surface area (Å²) in [5.41, 5.74) is 0.396. The maximum Gasteiger partial charge on any atom is 0.346 e. The molecule has 0 saturated heterocycles. The second kappa shape index (κ2) is 4.87. The Balaban J connectivity index is 2.83. The molecule has 0 aromatic carbocycles. The smallest absolute Gasteiger partial charge is 0.346 e. The van der Waals surface area contributed by atoms with Crippen LogP contribution in [0.4, 0.5) is 0 Å². The van der Waals surface area contributed by atoms with Gasteiger partial charge in [-0.25, -0.2) is 13.2 Å². The number of carboxylic acids is 1. The lowest BCUT2D eigenvalue weighted by molar-refractivity contribution is 0.0702. The van der Waals surface area contributed by atoms with Crippen LogP contribution in [0.2, 0.25) is 0 Å². The molecule has 1 N–H and O–H groups in total. The summed E-state index contributed by atoms with van der Waals surface area (Å²) in [6.45, 7) is 0. The lowest BCUT2D eigenvalue weighted by atomic mass is 10.1. The molecular formula is C11H8O5S3. The summed E-state index contributed by atoms with van der Waals surface area (Å²) in [5, 5.41) is 12.1. The number of aldehydes is 1. The fourth-order valence-electron chi connectivity index (χ4n) is 1.60. The van der Waals surface area contributed by atoms with Gasteiger partial charge in [0, 0.05) is 27.6 Å². The number of rotatable bonds is 4. The molecule has 0 bridgehead atoms. The summed E-state index contributed by atoms with van der Waals surface area (Å²) in [6, 6.07) is 1.53. The third-order valence-corrected chi connectivity index (χ3v) is 5.59. The highest BCUT2D eigenvalue weighted by atomic mass is 32.2. The monoisotopic (exact) mass is 316 g/mol. The van der Waals surface area contributed by atoms with Gasteiger partial charge >= 0.3 is 5.97 Å². The zero-order chi connectivity index (χ0) is 14.2. The van der Waals surface area contributed by atoms with Gasteiger partial charge in [0.15, 0.2) is 16.1 Å². The van der Waals surface area contributed by atoms with E-state index in [1.807, 2.05) is 0 Å². The summed E-state index contributed by atoms with van der Waals surface area (Å²) >= 11 is 1.98. The first kappa shape index (κ1) is 13.9. The second-order valence-electron chi connectivity index (χ2n) is 3.70. The Hall–Kier alpha value is -1.51. The topological polar surface area (TPSA) is 88.5 Å². The molecule has 0 aliphatic carbocycles. The van der Waals surface area contributed by atoms with E-state index in [4.69, 9.17) is 5.11 Å². The van der Waals surface area contributed by atoms with Crippen LogP contribution < -0.4 is 0 Å². The van der Waals surface area contributed by atoms with E-state index >= 15 is 0 Å². The van der Waals surface area contributed by atoms with Crippen LogP contribution in [0.15, 0.2) is 21.7 Å². The molecule has 2 aromatic rings. The van der Waals surface area contributed by atoms with Crippen LogP contribution >= 0.6 is 22.7 Å². The average molecular weight is 316 g/mol. The van der Waals surface area contributed by atoms with Gasteiger partial charge in [-0.15, -0.1) is 22.7 Å². The van der Waals surface area contributed by atoms with Crippen LogP contribution in [0.1, 0.15) is 20.0 Å². The third-order valence-electron chi connectivity index (χ3n) is 2.40. The Kier molecular flexibility index (Phi) is 3.57. The molecule has 2 aromatic heterocycles. The van der Waals surface area contributed by atoms with Gasteiger partial charge in [-0.05, 0) is 11.4 Å². The first-order valence-corrected chi connectivity index (χ1v) is 8.59. The number of sulfone groups is 1. The van der Waals surface area contributed by atoms with E-state index in [0.29, 0.717) is 11.2 Å². The van der Waals surface area contributed by atoms with Crippen molar-refractivity contribution in [1.29, 1.82) is 0 Å². The number of hydrogen-bond donors (Lipinski definition) is 1. The molecule has 0 spiro atoms. The van der Waals surface area contributed by atoms with Crippen molar-refractivity contribution >= 4 is 44.8 Å². The molecule has 0 unspecified atom stereocenters. The number of carbonyl (C=O) groups is 2. The minimum atomic E-state index is -3.56. The van der Waals surface area contributed by atoms with Gasteiger partial charge in [0.05, 0.1) is 4.90 Å². The Labute approximate surface area is 117 Å². The Morgan fingerprint density at radius 1 is 1.37 bits per heavy atom. The van der Waals surface area contributed by atoms with Crippen LogP contribution in [0.3, 0.4) is 0 Å². The standard InChI is InChI=1S/C11H8O5S3/c1-19(15,16)7-5-18-10(11(13)14)8(7)9-6(4-12)2-3-17-9/h2-5H,1H3,(H,13,14). The minimum Gasteiger partial charge on any atom is -0.477 e. The molecule has 2 heterocycles. The van der Waals surface area contributed by atoms with Crippen LogP contribution in [0, 0.1) is 0 Å². The van der Waals surface area contributed by atoms with E-state index in [0.717, 1.165) is 28.9 Å². The predicted octanol–water partition coefficient (Wildman–Crippen LogP) is 2.39. The SMILES string of the molecule is CS(=O)(=O)c1csc(C(=O)O)c1-c1sccc1C=O. The molecule has 0 aliphatic heterocycles. The lowest BCUT2D eigenvalue weighted by Gasteiger charge is -2.03. The molecule has 8 heteroatoms. The fourth-order valence-corrected chi connectivity index (χ4v) is 4.92. The van der Waals surface area contributed by atoms with Gasteiger partial charge in [-0.2, -0.15) is 0 Å². The maximum atomic E-state index is 11.7. The van der Waals surface area contributed by atoms with Crippen molar-refractivity contribution < 1.29 is 23.1 Å². The van der Waals surface area contributed by atoms with Crippen molar-refractivity contribution in [1.82, 2.24) is 0 Å². The largest absolute Gasteiger partial charge is 0.477 e. The Morgan fingerprint density at radius 2 is 2.05 bits per heavy atom. The van der Waals surface area contributed by atoms with E-state index < -0.39 is 15.8 Å². The second-order valence-corrected chi connectivity index (χ2v) is 7.48. The highest BCUT2D eigenvalue weighted by Gasteiger charge is 2.26. The maximum absolute atomic E-state index is 11.7. The fraction of sp³-hybridized carbons (Fsp3) is 0.0909. The normalized spacial score (nSPS) is 11.4. The van der Waals surface area contributed by atoms with Crippen LogP contribution in [0.5, 0.6) is 0 Å². The van der Waals surface area contributed by atoms with Crippen molar-refractivity contribution in [3.8, 4) is 10.4 Å². The van der Waals surface area contributed by atoms with E-state index in [1.54, 1.807) is 5.38 Å². The molecule has 0 radical (unpaired) electrons. The zero-order valence-electron chi connectivity index (χ0n) is 9.61. The number of aromatic carboxylic acids is 1. The van der Waals surface area contributed by atoms with E-state index in [-0.39, 0.29) is 20.9 Å². The minimum absolute atomic E-state index is 0.0551. The van der Waals surface area contributed by atoms with Crippen molar-refractivity contribution in [2.45, 2.75) is 4.90 Å². The summed E-state index contributed by atoms with van der Waals surface area (Å²) in [5.74, 6) is -1.21. The van der Waals surface area contributed by atoms with Crippen LogP contribution in [-0.2, 0) is 9.84 Å². The number of carboxylic acid groups (broad SMARTS) is 1. The van der Waals surface area contributed by atoms with Crippen LogP contribution in [-0.4, -0.2) is 32.0 Å². The van der Waals surface area contributed by atoms with Gasteiger partial charge in [0.25, 0.3) is 0 Å².